The molecule has 1 aliphatic rings. The summed E-state index contributed by atoms with van der Waals surface area (Å²) in [5.41, 5.74) is 2.90. The van der Waals surface area contributed by atoms with Gasteiger partial charge in [0.05, 0.1) is 18.8 Å². The van der Waals surface area contributed by atoms with Crippen LogP contribution in [0.1, 0.15) is 53.9 Å². The molecule has 24 heavy (non-hydrogen) atoms. The molecule has 0 fully saturated rings. The minimum absolute atomic E-state index is 0.0883. The lowest BCUT2D eigenvalue weighted by molar-refractivity contribution is -0.106. The van der Waals surface area contributed by atoms with Crippen LogP contribution in [0.5, 0.6) is 0 Å². The van der Waals surface area contributed by atoms with Gasteiger partial charge in [0, 0.05) is 6.54 Å². The molecule has 0 aromatic heterocycles. The Kier molecular flexibility index (Phi) is 8.05. The molecule has 0 aromatic carbocycles. The van der Waals surface area contributed by atoms with Crippen molar-refractivity contribution < 1.29 is 9.53 Å². The van der Waals surface area contributed by atoms with Crippen LogP contribution in [-0.2, 0) is 9.53 Å². The van der Waals surface area contributed by atoms with Gasteiger partial charge in [-0.05, 0) is 70.2 Å². The van der Waals surface area contributed by atoms with Gasteiger partial charge in [-0.25, -0.2) is 0 Å². The summed E-state index contributed by atoms with van der Waals surface area (Å²) in [5, 5.41) is -0.0883. The van der Waals surface area contributed by atoms with Gasteiger partial charge in [0.15, 0.2) is 0 Å². The van der Waals surface area contributed by atoms with E-state index in [9.17, 15) is 4.79 Å². The molecule has 0 aromatic rings. The number of allylic oxidation sites excluding steroid dienone is 1. The van der Waals surface area contributed by atoms with Crippen LogP contribution >= 0.6 is 11.8 Å². The van der Waals surface area contributed by atoms with E-state index in [1.807, 2.05) is 20.9 Å². The number of thioether (sulfide) groups is 1. The lowest BCUT2D eigenvalue weighted by atomic mass is 9.73. The van der Waals surface area contributed by atoms with Crippen molar-refractivity contribution in [2.45, 2.75) is 59.4 Å². The highest BCUT2D eigenvalue weighted by atomic mass is 32.2. The van der Waals surface area contributed by atoms with E-state index < -0.39 is 0 Å². The number of hydrogen-bond donors (Lipinski definition) is 0. The maximum absolute atomic E-state index is 11.3. The predicted molar refractivity (Wildman–Crippen MR) is 104 cm³/mol. The molecule has 1 aliphatic carbocycles. The van der Waals surface area contributed by atoms with E-state index in [0.29, 0.717) is 6.61 Å². The second-order valence-corrected chi connectivity index (χ2v) is 8.55. The van der Waals surface area contributed by atoms with Crippen LogP contribution in [0.15, 0.2) is 11.1 Å². The third-order valence-electron chi connectivity index (χ3n) is 5.11. The van der Waals surface area contributed by atoms with E-state index in [-0.39, 0.29) is 16.1 Å². The maximum atomic E-state index is 11.3. The quantitative estimate of drug-likeness (QED) is 0.409. The molecule has 0 amide bonds. The Morgan fingerprint density at radius 2 is 2.08 bits per heavy atom. The van der Waals surface area contributed by atoms with Crippen LogP contribution < -0.4 is 0 Å². The number of likely N-dealkylation sites (N-methyl/N-ethyl adjacent to an activating group) is 1. The smallest absolute Gasteiger partial charge is 0.262 e. The van der Waals surface area contributed by atoms with Crippen LogP contribution in [0, 0.1) is 17.3 Å². The van der Waals surface area contributed by atoms with Crippen LogP contribution in [0.2, 0.25) is 0 Å². The van der Waals surface area contributed by atoms with Gasteiger partial charge in [-0.15, -0.1) is 0 Å². The van der Waals surface area contributed by atoms with Crippen molar-refractivity contribution in [2.75, 3.05) is 33.1 Å². The van der Waals surface area contributed by atoms with Gasteiger partial charge in [-0.2, -0.15) is 0 Å². The zero-order valence-corrected chi connectivity index (χ0v) is 17.2. The average Bonchev–Trinajstić information content (AvgIpc) is 2.50. The second-order valence-electron chi connectivity index (χ2n) is 7.77. The van der Waals surface area contributed by atoms with Gasteiger partial charge in [-0.1, -0.05) is 37.1 Å². The molecule has 0 radical (unpaired) electrons. The number of carbonyl (C=O) groups is 1. The first-order chi connectivity index (χ1) is 11.1. The van der Waals surface area contributed by atoms with E-state index in [0.717, 1.165) is 24.9 Å². The number of rotatable bonds is 6. The van der Waals surface area contributed by atoms with Crippen molar-refractivity contribution in [1.82, 2.24) is 4.90 Å². The van der Waals surface area contributed by atoms with E-state index in [2.05, 4.69) is 37.5 Å². The van der Waals surface area contributed by atoms with Crippen molar-refractivity contribution in [3.63, 3.8) is 0 Å². The number of ether oxygens (including phenoxy) is 1. The summed E-state index contributed by atoms with van der Waals surface area (Å²) in [6.07, 6.45) is 5.49. The molecular formula is C20H33NO2S. The molecule has 0 atom stereocenters. The lowest BCUT2D eigenvalue weighted by Crippen LogP contribution is -2.42. The molecule has 0 saturated carbocycles. The molecule has 136 valence electrons. The summed E-state index contributed by atoms with van der Waals surface area (Å²) in [5.74, 6) is 5.76. The summed E-state index contributed by atoms with van der Waals surface area (Å²) < 4.78 is 5.97. The van der Waals surface area contributed by atoms with Crippen molar-refractivity contribution >= 4 is 16.9 Å². The number of carbonyl (C=O) groups excluding carboxylic acids is 1. The number of hydrogen-bond acceptors (Lipinski definition) is 4. The van der Waals surface area contributed by atoms with Crippen LogP contribution in [0.4, 0.5) is 0 Å². The van der Waals surface area contributed by atoms with Gasteiger partial charge in [0.1, 0.15) is 0 Å². The SMILES string of the molecule is CSC(=O)C#CC(C)(C)N(C)CCOCC1=C(C)CCCC1(C)C. The zero-order valence-electron chi connectivity index (χ0n) is 16.4. The molecular weight excluding hydrogens is 318 g/mol. The second kappa shape index (κ2) is 9.08. The fourth-order valence-electron chi connectivity index (χ4n) is 3.00. The van der Waals surface area contributed by atoms with Crippen molar-refractivity contribution in [3.8, 4) is 11.8 Å². The Morgan fingerprint density at radius 1 is 1.42 bits per heavy atom. The monoisotopic (exact) mass is 351 g/mol. The largest absolute Gasteiger partial charge is 0.376 e. The Balaban J connectivity index is 2.49. The molecule has 3 nitrogen and oxygen atoms in total. The normalized spacial score (nSPS) is 17.7. The molecule has 0 bridgehead atoms. The van der Waals surface area contributed by atoms with Crippen molar-refractivity contribution in [3.05, 3.63) is 11.1 Å². The molecule has 4 heteroatoms. The van der Waals surface area contributed by atoms with Crippen LogP contribution in [0.3, 0.4) is 0 Å². The first kappa shape index (κ1) is 21.3. The molecule has 0 unspecified atom stereocenters. The Hall–Kier alpha value is -0.760. The first-order valence-corrected chi connectivity index (χ1v) is 9.92. The van der Waals surface area contributed by atoms with Gasteiger partial charge >= 0.3 is 0 Å². The third kappa shape index (κ3) is 6.27. The lowest BCUT2D eigenvalue weighted by Gasteiger charge is -2.35. The highest BCUT2D eigenvalue weighted by Crippen LogP contribution is 2.39. The van der Waals surface area contributed by atoms with Gasteiger partial charge in [0.2, 0.25) is 0 Å². The van der Waals surface area contributed by atoms with E-state index >= 15 is 0 Å². The molecule has 0 N–H and O–H groups in total. The topological polar surface area (TPSA) is 29.5 Å². The van der Waals surface area contributed by atoms with Crippen LogP contribution in [0.25, 0.3) is 0 Å². The summed E-state index contributed by atoms with van der Waals surface area (Å²) in [7, 11) is 2.02. The van der Waals surface area contributed by atoms with E-state index in [4.69, 9.17) is 4.74 Å². The minimum atomic E-state index is -0.339. The van der Waals surface area contributed by atoms with E-state index in [1.165, 1.54) is 30.4 Å². The molecule has 0 heterocycles. The zero-order chi connectivity index (χ0) is 18.4. The average molecular weight is 352 g/mol. The van der Waals surface area contributed by atoms with Gasteiger partial charge in [0.25, 0.3) is 5.12 Å². The van der Waals surface area contributed by atoms with E-state index in [1.54, 1.807) is 6.26 Å². The number of nitrogens with zero attached hydrogens (tertiary/aromatic N) is 1. The maximum Gasteiger partial charge on any atom is 0.262 e. The summed E-state index contributed by atoms with van der Waals surface area (Å²) in [6.45, 7) is 13.1. The minimum Gasteiger partial charge on any atom is -0.376 e. The van der Waals surface area contributed by atoms with Gasteiger partial charge < -0.3 is 4.74 Å². The summed E-state index contributed by atoms with van der Waals surface area (Å²) in [6, 6.07) is 0. The highest BCUT2D eigenvalue weighted by molar-refractivity contribution is 8.13. The van der Waals surface area contributed by atoms with Crippen molar-refractivity contribution in [2.24, 2.45) is 5.41 Å². The van der Waals surface area contributed by atoms with Crippen LogP contribution in [-0.4, -0.2) is 48.6 Å². The molecule has 0 spiro atoms. The Morgan fingerprint density at radius 3 is 2.67 bits per heavy atom. The highest BCUT2D eigenvalue weighted by Gasteiger charge is 2.28. The first-order valence-electron chi connectivity index (χ1n) is 8.69. The fourth-order valence-corrected chi connectivity index (χ4v) is 3.15. The predicted octanol–water partition coefficient (Wildman–Crippen LogP) is 4.13. The third-order valence-corrected chi connectivity index (χ3v) is 5.59. The standard InChI is InChI=1S/C20H33NO2S/c1-16-9-8-11-19(2,3)17(16)15-23-14-13-21(6)20(4,5)12-10-18(22)24-7/h8-9,11,13-15H2,1-7H3. The van der Waals surface area contributed by atoms with Crippen molar-refractivity contribution in [1.29, 1.82) is 0 Å². The fraction of sp³-hybridized carbons (Fsp3) is 0.750. The molecule has 0 saturated heterocycles. The Labute approximate surface area is 152 Å². The molecule has 0 aliphatic heterocycles. The Bertz CT molecular complexity index is 538. The molecule has 1 rings (SSSR count). The van der Waals surface area contributed by atoms with Gasteiger partial charge in [-0.3, -0.25) is 9.69 Å². The summed E-state index contributed by atoms with van der Waals surface area (Å²) >= 11 is 1.15. The summed E-state index contributed by atoms with van der Waals surface area (Å²) in [4.78, 5) is 13.5.